The maximum Gasteiger partial charge on any atom is 0.303 e. The van der Waals surface area contributed by atoms with Crippen LogP contribution in [-0.2, 0) is 14.6 Å². The molecule has 6 heteroatoms. The summed E-state index contributed by atoms with van der Waals surface area (Å²) in [6, 6.07) is 0. The third kappa shape index (κ3) is 17.2. The van der Waals surface area contributed by atoms with E-state index in [-0.39, 0.29) is 12.5 Å². The van der Waals surface area contributed by atoms with Gasteiger partial charge in [-0.2, -0.15) is 0 Å². The molecule has 0 rings (SSSR count). The summed E-state index contributed by atoms with van der Waals surface area (Å²) in [4.78, 5) is 19.1. The van der Waals surface area contributed by atoms with E-state index in [0.717, 1.165) is 6.42 Å². The predicted octanol–water partition coefficient (Wildman–Crippen LogP) is 5.49. The van der Waals surface area contributed by atoms with Crippen molar-refractivity contribution in [1.29, 1.82) is 0 Å². The van der Waals surface area contributed by atoms with Crippen LogP contribution in [0.3, 0.4) is 0 Å². The lowest BCUT2D eigenvalue weighted by Gasteiger charge is -2.04. The van der Waals surface area contributed by atoms with E-state index in [1.54, 1.807) is 36.5 Å². The molecule has 28 heavy (non-hydrogen) atoms. The van der Waals surface area contributed by atoms with Gasteiger partial charge < -0.3 is 5.11 Å². The molecule has 0 aromatic rings. The van der Waals surface area contributed by atoms with Crippen molar-refractivity contribution >= 4 is 5.97 Å². The first kappa shape index (κ1) is 25.8. The van der Waals surface area contributed by atoms with Gasteiger partial charge in [0.25, 0.3) is 0 Å². The fourth-order valence-corrected chi connectivity index (χ4v) is 2.04. The Kier molecular flexibility index (Phi) is 17.9. The third-order valence-electron chi connectivity index (χ3n) is 3.53. The fourth-order valence-electron chi connectivity index (χ4n) is 2.04. The average molecular weight is 392 g/mol. The zero-order valence-electron chi connectivity index (χ0n) is 16.4. The number of allylic oxidation sites excluding steroid dienone is 8. The number of carboxylic acid groups (broad SMARTS) is 1. The van der Waals surface area contributed by atoms with Gasteiger partial charge in [0, 0.05) is 6.42 Å². The zero-order chi connectivity index (χ0) is 20.9. The van der Waals surface area contributed by atoms with Crippen LogP contribution in [0.4, 0.5) is 0 Å². The third-order valence-corrected chi connectivity index (χ3v) is 3.53. The van der Waals surface area contributed by atoms with E-state index in [9.17, 15) is 4.79 Å². The van der Waals surface area contributed by atoms with Gasteiger partial charge in [0.05, 0.1) is 0 Å². The maximum atomic E-state index is 10.4. The van der Waals surface area contributed by atoms with Crippen LogP contribution < -0.4 is 0 Å². The van der Waals surface area contributed by atoms with Crippen molar-refractivity contribution in [2.75, 3.05) is 0 Å². The molecular weight excluding hydrogens is 360 g/mol. The lowest BCUT2D eigenvalue weighted by atomic mass is 10.2. The number of carboxylic acids is 1. The first-order chi connectivity index (χ1) is 13.6. The molecule has 6 nitrogen and oxygen atoms in total. The molecule has 0 saturated heterocycles. The van der Waals surface area contributed by atoms with Crippen molar-refractivity contribution in [3.8, 4) is 0 Å². The highest BCUT2D eigenvalue weighted by Gasteiger charge is 2.00. The standard InChI is InChI=1S/C22H32O6/c1-2-3-10-15-20(27-25)17-12-8-9-13-18-21(28-26)16-11-6-4-5-7-14-19-22(23)24/h3,5-13,17-18,20-21,25-26H,2,4,14-16,19H2,1H3,(H,23,24)/b7-5-,9-8-,10-3-,11-6-,17-12+,18-13+/t20-,21-/m0/s1. The van der Waals surface area contributed by atoms with Crippen LogP contribution in [-0.4, -0.2) is 33.8 Å². The van der Waals surface area contributed by atoms with Crippen LogP contribution in [0.25, 0.3) is 0 Å². The van der Waals surface area contributed by atoms with Crippen LogP contribution in [0.2, 0.25) is 0 Å². The fraction of sp³-hybridized carbons (Fsp3) is 0.409. The Labute approximate surface area is 167 Å². The lowest BCUT2D eigenvalue weighted by molar-refractivity contribution is -0.264. The summed E-state index contributed by atoms with van der Waals surface area (Å²) in [6.45, 7) is 2.04. The zero-order valence-corrected chi connectivity index (χ0v) is 16.4. The lowest BCUT2D eigenvalue weighted by Crippen LogP contribution is -2.05. The van der Waals surface area contributed by atoms with E-state index in [4.69, 9.17) is 15.6 Å². The van der Waals surface area contributed by atoms with Gasteiger partial charge in [-0.25, -0.2) is 9.78 Å². The molecule has 0 saturated carbocycles. The first-order valence-electron chi connectivity index (χ1n) is 9.42. The molecule has 0 fully saturated rings. The second kappa shape index (κ2) is 19.5. The first-order valence-corrected chi connectivity index (χ1v) is 9.42. The summed E-state index contributed by atoms with van der Waals surface area (Å²) in [5, 5.41) is 26.3. The number of carbonyl (C=O) groups is 1. The van der Waals surface area contributed by atoms with Gasteiger partial charge >= 0.3 is 5.97 Å². The van der Waals surface area contributed by atoms with Crippen molar-refractivity contribution in [2.24, 2.45) is 0 Å². The molecule has 0 aliphatic rings. The van der Waals surface area contributed by atoms with E-state index >= 15 is 0 Å². The van der Waals surface area contributed by atoms with Crippen molar-refractivity contribution < 1.29 is 30.2 Å². The highest BCUT2D eigenvalue weighted by molar-refractivity contribution is 5.66. The van der Waals surface area contributed by atoms with Crippen LogP contribution >= 0.6 is 0 Å². The highest BCUT2D eigenvalue weighted by atomic mass is 17.1. The highest BCUT2D eigenvalue weighted by Crippen LogP contribution is 2.03. The van der Waals surface area contributed by atoms with Crippen molar-refractivity contribution in [1.82, 2.24) is 0 Å². The maximum absolute atomic E-state index is 10.4. The van der Waals surface area contributed by atoms with E-state index in [0.29, 0.717) is 25.7 Å². The molecule has 0 bridgehead atoms. The minimum Gasteiger partial charge on any atom is -0.481 e. The minimum atomic E-state index is -0.801. The minimum absolute atomic E-state index is 0.137. The summed E-state index contributed by atoms with van der Waals surface area (Å²) in [7, 11) is 0. The monoisotopic (exact) mass is 392 g/mol. The smallest absolute Gasteiger partial charge is 0.303 e. The van der Waals surface area contributed by atoms with E-state index in [1.807, 2.05) is 43.4 Å². The van der Waals surface area contributed by atoms with Gasteiger partial charge in [0.15, 0.2) is 0 Å². The molecule has 0 amide bonds. The summed E-state index contributed by atoms with van der Waals surface area (Å²) in [5.74, 6) is -0.801. The molecule has 0 aromatic heterocycles. The second-order valence-electron chi connectivity index (χ2n) is 5.90. The van der Waals surface area contributed by atoms with Crippen molar-refractivity contribution in [3.63, 3.8) is 0 Å². The van der Waals surface area contributed by atoms with Gasteiger partial charge in [-0.15, -0.1) is 0 Å². The molecule has 0 unspecified atom stereocenters. The van der Waals surface area contributed by atoms with Crippen molar-refractivity contribution in [2.45, 2.75) is 57.7 Å². The van der Waals surface area contributed by atoms with Crippen LogP contribution in [0.5, 0.6) is 0 Å². The summed E-state index contributed by atoms with van der Waals surface area (Å²) < 4.78 is 0. The molecule has 3 N–H and O–H groups in total. The molecule has 0 aliphatic carbocycles. The van der Waals surface area contributed by atoms with Gasteiger partial charge in [0.1, 0.15) is 12.2 Å². The van der Waals surface area contributed by atoms with Gasteiger partial charge in [-0.05, 0) is 32.1 Å². The number of hydrogen-bond donors (Lipinski definition) is 3. The molecular formula is C22H32O6. The van der Waals surface area contributed by atoms with Crippen LogP contribution in [0.1, 0.15) is 45.4 Å². The molecule has 0 aliphatic heterocycles. The Bertz CT molecular complexity index is 557. The van der Waals surface area contributed by atoms with Gasteiger partial charge in [0.2, 0.25) is 0 Å². The summed E-state index contributed by atoms with van der Waals surface area (Å²) >= 11 is 0. The quantitative estimate of drug-likeness (QED) is 0.139. The SMILES string of the molecule is CC/C=C\C[C@@H](/C=C/C=C\C=C\[C@H](C/C=C\C/C=C\CCC(=O)O)OO)OO. The predicted molar refractivity (Wildman–Crippen MR) is 111 cm³/mol. The van der Waals surface area contributed by atoms with Crippen molar-refractivity contribution in [3.05, 3.63) is 72.9 Å². The van der Waals surface area contributed by atoms with Gasteiger partial charge in [-0.1, -0.05) is 79.8 Å². The van der Waals surface area contributed by atoms with E-state index < -0.39 is 12.1 Å². The Morgan fingerprint density at radius 1 is 0.821 bits per heavy atom. The average Bonchev–Trinajstić information content (AvgIpc) is 2.69. The Balaban J connectivity index is 4.15. The Morgan fingerprint density at radius 3 is 1.86 bits per heavy atom. The second-order valence-corrected chi connectivity index (χ2v) is 5.90. The Morgan fingerprint density at radius 2 is 1.36 bits per heavy atom. The summed E-state index contributed by atoms with van der Waals surface area (Å²) in [6.07, 6.45) is 24.7. The number of aliphatic carboxylic acids is 1. The van der Waals surface area contributed by atoms with E-state index in [2.05, 4.69) is 9.78 Å². The Hall–Kier alpha value is -2.25. The largest absolute Gasteiger partial charge is 0.481 e. The molecule has 0 radical (unpaired) electrons. The molecule has 2 atom stereocenters. The van der Waals surface area contributed by atoms with Crippen LogP contribution in [0.15, 0.2) is 72.9 Å². The molecule has 0 heterocycles. The topological polar surface area (TPSA) is 96.2 Å². The summed E-state index contributed by atoms with van der Waals surface area (Å²) in [5.41, 5.74) is 0. The van der Waals surface area contributed by atoms with Gasteiger partial charge in [-0.3, -0.25) is 15.3 Å². The van der Waals surface area contributed by atoms with Crippen LogP contribution in [0, 0.1) is 0 Å². The number of hydrogen-bond acceptors (Lipinski definition) is 5. The molecule has 156 valence electrons. The number of rotatable bonds is 16. The normalized spacial score (nSPS) is 15.2. The molecule has 0 aromatic carbocycles. The van der Waals surface area contributed by atoms with E-state index in [1.165, 1.54) is 0 Å². The molecule has 0 spiro atoms.